The Morgan fingerprint density at radius 1 is 1.22 bits per heavy atom. The molecule has 0 aliphatic heterocycles. The summed E-state index contributed by atoms with van der Waals surface area (Å²) in [7, 11) is 1.82. The van der Waals surface area contributed by atoms with Gasteiger partial charge in [0.05, 0.1) is 0 Å². The summed E-state index contributed by atoms with van der Waals surface area (Å²) in [6.07, 6.45) is 7.84. The van der Waals surface area contributed by atoms with Crippen LogP contribution in [0.4, 0.5) is 0 Å². The molecule has 118 valence electrons. The zero-order valence-corrected chi connectivity index (χ0v) is 13.9. The van der Waals surface area contributed by atoms with Crippen molar-refractivity contribution in [2.75, 3.05) is 0 Å². The van der Waals surface area contributed by atoms with Crippen molar-refractivity contribution >= 4 is 39.8 Å². The Labute approximate surface area is 142 Å². The molecular weight excluding hydrogens is 360 g/mol. The lowest BCUT2D eigenvalue weighted by atomic mass is 10.1. The van der Waals surface area contributed by atoms with Crippen LogP contribution in [0.25, 0.3) is 12.2 Å². The molecule has 6 heteroatoms. The first-order valence-corrected chi connectivity index (χ1v) is 7.55. The SMILES string of the molecule is Cn1cc(/C=C/C(=O)c2cccc(Br)c2)cc1/C=C/C(=O)NO. The fourth-order valence-electron chi connectivity index (χ4n) is 1.97. The van der Waals surface area contributed by atoms with Gasteiger partial charge in [0.1, 0.15) is 0 Å². The van der Waals surface area contributed by atoms with E-state index in [0.29, 0.717) is 5.56 Å². The third kappa shape index (κ3) is 4.77. The molecule has 1 amide bonds. The van der Waals surface area contributed by atoms with Gasteiger partial charge in [-0.3, -0.25) is 14.8 Å². The molecule has 0 bridgehead atoms. The summed E-state index contributed by atoms with van der Waals surface area (Å²) in [6, 6.07) is 9.01. The number of nitrogens with one attached hydrogen (secondary N) is 1. The van der Waals surface area contributed by atoms with Gasteiger partial charge >= 0.3 is 0 Å². The minimum atomic E-state index is -0.604. The van der Waals surface area contributed by atoms with E-state index in [1.807, 2.05) is 36.0 Å². The first kappa shape index (κ1) is 16.9. The molecular formula is C17H15BrN2O3. The number of hydrogen-bond donors (Lipinski definition) is 2. The van der Waals surface area contributed by atoms with E-state index in [9.17, 15) is 9.59 Å². The van der Waals surface area contributed by atoms with Crippen LogP contribution in [0.2, 0.25) is 0 Å². The predicted octanol–water partition coefficient (Wildman–Crippen LogP) is 3.20. The van der Waals surface area contributed by atoms with Gasteiger partial charge in [0.15, 0.2) is 5.78 Å². The van der Waals surface area contributed by atoms with Crippen LogP contribution in [0.5, 0.6) is 0 Å². The van der Waals surface area contributed by atoms with Crippen molar-refractivity contribution < 1.29 is 14.8 Å². The molecule has 23 heavy (non-hydrogen) atoms. The van der Waals surface area contributed by atoms with Gasteiger partial charge in [-0.2, -0.15) is 0 Å². The van der Waals surface area contributed by atoms with Crippen molar-refractivity contribution in [3.05, 3.63) is 70.0 Å². The van der Waals surface area contributed by atoms with Gasteiger partial charge in [0.2, 0.25) is 0 Å². The smallest absolute Gasteiger partial charge is 0.267 e. The number of nitrogens with zero attached hydrogens (tertiary/aromatic N) is 1. The number of amides is 1. The molecule has 2 rings (SSSR count). The molecule has 0 atom stereocenters. The molecule has 0 saturated carbocycles. The highest BCUT2D eigenvalue weighted by Crippen LogP contribution is 2.14. The number of hydrogen-bond acceptors (Lipinski definition) is 3. The van der Waals surface area contributed by atoms with Crippen molar-refractivity contribution in [1.29, 1.82) is 0 Å². The van der Waals surface area contributed by atoms with Crippen molar-refractivity contribution in [1.82, 2.24) is 10.0 Å². The molecule has 2 aromatic rings. The molecule has 0 spiro atoms. The number of carbonyl (C=O) groups excluding carboxylic acids is 2. The zero-order chi connectivity index (χ0) is 16.8. The van der Waals surface area contributed by atoms with E-state index in [1.54, 1.807) is 24.3 Å². The van der Waals surface area contributed by atoms with Crippen molar-refractivity contribution in [3.8, 4) is 0 Å². The Morgan fingerprint density at radius 2 is 2.00 bits per heavy atom. The summed E-state index contributed by atoms with van der Waals surface area (Å²) >= 11 is 3.34. The van der Waals surface area contributed by atoms with Gasteiger partial charge < -0.3 is 4.57 Å². The maximum absolute atomic E-state index is 12.1. The molecule has 0 aliphatic rings. The molecule has 0 radical (unpaired) electrons. The van der Waals surface area contributed by atoms with E-state index in [2.05, 4.69) is 15.9 Å². The topological polar surface area (TPSA) is 71.3 Å². The van der Waals surface area contributed by atoms with Crippen molar-refractivity contribution in [3.63, 3.8) is 0 Å². The Kier molecular flexibility index (Phi) is 5.67. The van der Waals surface area contributed by atoms with E-state index < -0.39 is 5.91 Å². The van der Waals surface area contributed by atoms with E-state index in [1.165, 1.54) is 17.6 Å². The number of aromatic nitrogens is 1. The maximum atomic E-state index is 12.1. The standard InChI is InChI=1S/C17H15BrN2O3/c1-20-11-12(9-15(20)6-8-17(22)19-23)5-7-16(21)13-3-2-4-14(18)10-13/h2-11,23H,1H3,(H,19,22)/b7-5+,8-6+. The fourth-order valence-corrected chi connectivity index (χ4v) is 2.37. The molecule has 1 aromatic heterocycles. The predicted molar refractivity (Wildman–Crippen MR) is 91.9 cm³/mol. The summed E-state index contributed by atoms with van der Waals surface area (Å²) in [5.41, 5.74) is 3.73. The van der Waals surface area contributed by atoms with Crippen LogP contribution in [0.1, 0.15) is 21.6 Å². The van der Waals surface area contributed by atoms with Crippen molar-refractivity contribution in [2.45, 2.75) is 0 Å². The Balaban J connectivity index is 2.13. The van der Waals surface area contributed by atoms with Crippen LogP contribution >= 0.6 is 15.9 Å². The molecule has 1 aromatic carbocycles. The average Bonchev–Trinajstić information content (AvgIpc) is 2.90. The third-order valence-electron chi connectivity index (χ3n) is 3.12. The fraction of sp³-hybridized carbons (Fsp3) is 0.0588. The minimum absolute atomic E-state index is 0.0908. The summed E-state index contributed by atoms with van der Waals surface area (Å²) < 4.78 is 2.66. The number of carbonyl (C=O) groups is 2. The lowest BCUT2D eigenvalue weighted by Gasteiger charge is -1.96. The Morgan fingerprint density at radius 3 is 2.70 bits per heavy atom. The van der Waals surface area contributed by atoms with Crippen LogP contribution in [0.3, 0.4) is 0 Å². The van der Waals surface area contributed by atoms with Crippen LogP contribution < -0.4 is 5.48 Å². The van der Waals surface area contributed by atoms with Gasteiger partial charge in [0, 0.05) is 35.1 Å². The van der Waals surface area contributed by atoms with E-state index >= 15 is 0 Å². The second-order valence-electron chi connectivity index (χ2n) is 4.83. The van der Waals surface area contributed by atoms with Gasteiger partial charge in [-0.15, -0.1) is 0 Å². The summed E-state index contributed by atoms with van der Waals surface area (Å²) in [6.45, 7) is 0. The second kappa shape index (κ2) is 7.71. The van der Waals surface area contributed by atoms with Gasteiger partial charge in [-0.1, -0.05) is 28.1 Å². The number of allylic oxidation sites excluding steroid dienone is 1. The number of halogens is 1. The maximum Gasteiger partial charge on any atom is 0.267 e. The lowest BCUT2D eigenvalue weighted by Crippen LogP contribution is -2.14. The Bertz CT molecular complexity index is 791. The lowest BCUT2D eigenvalue weighted by molar-refractivity contribution is -0.124. The van der Waals surface area contributed by atoms with E-state index in [-0.39, 0.29) is 5.78 Å². The van der Waals surface area contributed by atoms with Crippen LogP contribution in [-0.4, -0.2) is 21.5 Å². The second-order valence-corrected chi connectivity index (χ2v) is 5.74. The molecule has 0 fully saturated rings. The van der Waals surface area contributed by atoms with Gasteiger partial charge in [-0.25, -0.2) is 5.48 Å². The number of aryl methyl sites for hydroxylation is 1. The highest BCUT2D eigenvalue weighted by Gasteiger charge is 2.03. The number of rotatable bonds is 5. The molecule has 0 unspecified atom stereocenters. The average molecular weight is 375 g/mol. The molecule has 0 aliphatic carbocycles. The van der Waals surface area contributed by atoms with Crippen LogP contribution in [-0.2, 0) is 11.8 Å². The molecule has 2 N–H and O–H groups in total. The van der Waals surface area contributed by atoms with Crippen LogP contribution in [0.15, 0.2) is 53.2 Å². The number of hydroxylamine groups is 1. The number of benzene rings is 1. The molecule has 1 heterocycles. The van der Waals surface area contributed by atoms with E-state index in [4.69, 9.17) is 5.21 Å². The molecule has 5 nitrogen and oxygen atoms in total. The summed E-state index contributed by atoms with van der Waals surface area (Å²) in [4.78, 5) is 23.1. The summed E-state index contributed by atoms with van der Waals surface area (Å²) in [5.74, 6) is -0.694. The Hall–Kier alpha value is -2.44. The van der Waals surface area contributed by atoms with Gasteiger partial charge in [-0.05, 0) is 42.0 Å². The quantitative estimate of drug-likeness (QED) is 0.365. The van der Waals surface area contributed by atoms with Crippen molar-refractivity contribution in [2.24, 2.45) is 7.05 Å². The monoisotopic (exact) mass is 374 g/mol. The first-order valence-electron chi connectivity index (χ1n) is 6.76. The number of ketones is 1. The van der Waals surface area contributed by atoms with Gasteiger partial charge in [0.25, 0.3) is 5.91 Å². The van der Waals surface area contributed by atoms with E-state index in [0.717, 1.165) is 15.7 Å². The zero-order valence-electron chi connectivity index (χ0n) is 12.4. The summed E-state index contributed by atoms with van der Waals surface area (Å²) in [5, 5.41) is 8.45. The minimum Gasteiger partial charge on any atom is -0.350 e. The first-order chi connectivity index (χ1) is 11.0. The van der Waals surface area contributed by atoms with Crippen LogP contribution in [0, 0.1) is 0 Å². The normalized spacial score (nSPS) is 11.3. The third-order valence-corrected chi connectivity index (χ3v) is 3.61. The highest BCUT2D eigenvalue weighted by molar-refractivity contribution is 9.10. The largest absolute Gasteiger partial charge is 0.350 e. The highest BCUT2D eigenvalue weighted by atomic mass is 79.9. The molecule has 0 saturated heterocycles.